The van der Waals surface area contributed by atoms with E-state index >= 15 is 0 Å². The predicted octanol–water partition coefficient (Wildman–Crippen LogP) is 3.28. The van der Waals surface area contributed by atoms with Crippen molar-refractivity contribution >= 4 is 12.4 Å². The summed E-state index contributed by atoms with van der Waals surface area (Å²) < 4.78 is 21.9. The van der Waals surface area contributed by atoms with Crippen molar-refractivity contribution in [2.75, 3.05) is 27.6 Å². The molecule has 2 aliphatic heterocycles. The summed E-state index contributed by atoms with van der Waals surface area (Å²) in [4.78, 5) is 0. The van der Waals surface area contributed by atoms with Gasteiger partial charge in [0, 0.05) is 17.7 Å². The molecule has 6 heteroatoms. The molecule has 1 unspecified atom stereocenters. The number of hydrogen-bond acceptors (Lipinski definition) is 5. The van der Waals surface area contributed by atoms with Crippen molar-refractivity contribution in [3.8, 4) is 23.0 Å². The number of hydrogen-bond donors (Lipinski definition) is 1. The molecule has 25 heavy (non-hydrogen) atoms. The highest BCUT2D eigenvalue weighted by Gasteiger charge is 2.25. The Morgan fingerprint density at radius 3 is 2.72 bits per heavy atom. The van der Waals surface area contributed by atoms with Gasteiger partial charge in [0.2, 0.25) is 6.79 Å². The maximum absolute atomic E-state index is 5.63. The third kappa shape index (κ3) is 3.34. The van der Waals surface area contributed by atoms with Crippen molar-refractivity contribution in [3.05, 3.63) is 47.0 Å². The normalized spacial score (nSPS) is 17.4. The molecule has 1 atom stereocenters. The van der Waals surface area contributed by atoms with Gasteiger partial charge in [-0.3, -0.25) is 0 Å². The highest BCUT2D eigenvalue weighted by molar-refractivity contribution is 5.85. The lowest BCUT2D eigenvalue weighted by Gasteiger charge is -2.29. The molecule has 0 saturated carbocycles. The second kappa shape index (κ2) is 7.42. The lowest BCUT2D eigenvalue weighted by Crippen LogP contribution is -2.31. The molecule has 2 aliphatic rings. The summed E-state index contributed by atoms with van der Waals surface area (Å²) in [6.45, 7) is 1.25. The highest BCUT2D eigenvalue weighted by atomic mass is 35.5. The summed E-state index contributed by atoms with van der Waals surface area (Å²) in [7, 11) is 3.40. The lowest BCUT2D eigenvalue weighted by atomic mass is 9.89. The van der Waals surface area contributed by atoms with Gasteiger partial charge in [0.05, 0.1) is 14.2 Å². The van der Waals surface area contributed by atoms with Crippen LogP contribution in [-0.2, 0) is 12.8 Å². The molecule has 0 spiro atoms. The largest absolute Gasteiger partial charge is 0.497 e. The van der Waals surface area contributed by atoms with Crippen LogP contribution in [0.25, 0.3) is 0 Å². The van der Waals surface area contributed by atoms with E-state index < -0.39 is 0 Å². The fourth-order valence-corrected chi connectivity index (χ4v) is 3.51. The van der Waals surface area contributed by atoms with Crippen LogP contribution in [0.15, 0.2) is 30.3 Å². The molecule has 1 N–H and O–H groups in total. The molecule has 2 aromatic carbocycles. The van der Waals surface area contributed by atoms with Gasteiger partial charge in [0.25, 0.3) is 0 Å². The quantitative estimate of drug-likeness (QED) is 0.903. The van der Waals surface area contributed by atoms with E-state index in [0.717, 1.165) is 42.4 Å². The van der Waals surface area contributed by atoms with Gasteiger partial charge in [-0.15, -0.1) is 12.4 Å². The maximum atomic E-state index is 5.63. The van der Waals surface area contributed by atoms with Crippen molar-refractivity contribution in [2.24, 2.45) is 0 Å². The Kier molecular flexibility index (Phi) is 5.25. The molecule has 0 radical (unpaired) electrons. The van der Waals surface area contributed by atoms with Gasteiger partial charge in [-0.25, -0.2) is 0 Å². The molecule has 0 fully saturated rings. The summed E-state index contributed by atoms with van der Waals surface area (Å²) in [6, 6.07) is 10.4. The molecular weight excluding hydrogens is 342 g/mol. The van der Waals surface area contributed by atoms with Gasteiger partial charge in [-0.2, -0.15) is 0 Å². The SMILES string of the molecule is COc1cc2c(c(OC)c1)C(Cc1ccc3c(c1)OCO3)NCC2.Cl. The van der Waals surface area contributed by atoms with E-state index in [1.54, 1.807) is 14.2 Å². The van der Waals surface area contributed by atoms with Crippen LogP contribution in [0.4, 0.5) is 0 Å². The molecule has 2 aromatic rings. The van der Waals surface area contributed by atoms with Crippen LogP contribution in [0.3, 0.4) is 0 Å². The number of nitrogens with one attached hydrogen (secondary N) is 1. The number of halogens is 1. The number of fused-ring (bicyclic) bond motifs is 2. The third-order valence-corrected chi connectivity index (χ3v) is 4.67. The average molecular weight is 364 g/mol. The Labute approximate surface area is 153 Å². The molecule has 2 heterocycles. The number of rotatable bonds is 4. The lowest BCUT2D eigenvalue weighted by molar-refractivity contribution is 0.174. The first-order valence-corrected chi connectivity index (χ1v) is 8.15. The van der Waals surface area contributed by atoms with Gasteiger partial charge in [0.15, 0.2) is 11.5 Å². The second-order valence-electron chi connectivity index (χ2n) is 6.05. The molecular formula is C19H22ClNO4. The molecule has 5 nitrogen and oxygen atoms in total. The summed E-state index contributed by atoms with van der Waals surface area (Å²) in [5, 5.41) is 3.61. The molecule has 4 rings (SSSR count). The van der Waals surface area contributed by atoms with E-state index in [9.17, 15) is 0 Å². The fraction of sp³-hybridized carbons (Fsp3) is 0.368. The minimum absolute atomic E-state index is 0. The first-order valence-electron chi connectivity index (χ1n) is 8.15. The molecule has 134 valence electrons. The Hall–Kier alpha value is -2.11. The topological polar surface area (TPSA) is 49.0 Å². The fourth-order valence-electron chi connectivity index (χ4n) is 3.51. The molecule has 0 amide bonds. The Balaban J connectivity index is 0.00000182. The zero-order chi connectivity index (χ0) is 16.5. The second-order valence-corrected chi connectivity index (χ2v) is 6.05. The standard InChI is InChI=1S/C19H21NO4.ClH/c1-21-14-9-13-5-6-20-15(19(13)18(10-14)22-2)7-12-3-4-16-17(8-12)24-11-23-16;/h3-4,8-10,15,20H,5-7,11H2,1-2H3;1H. The van der Waals surface area contributed by atoms with Crippen molar-refractivity contribution < 1.29 is 18.9 Å². The van der Waals surface area contributed by atoms with E-state index in [2.05, 4.69) is 23.5 Å². The van der Waals surface area contributed by atoms with Crippen molar-refractivity contribution in [1.29, 1.82) is 0 Å². The van der Waals surface area contributed by atoms with E-state index in [1.807, 2.05) is 12.1 Å². The molecule has 0 aromatic heterocycles. The number of methoxy groups -OCH3 is 2. The minimum Gasteiger partial charge on any atom is -0.497 e. The zero-order valence-electron chi connectivity index (χ0n) is 14.3. The summed E-state index contributed by atoms with van der Waals surface area (Å²) in [5.41, 5.74) is 3.72. The van der Waals surface area contributed by atoms with Crippen molar-refractivity contribution in [2.45, 2.75) is 18.9 Å². The molecule has 0 saturated heterocycles. The average Bonchev–Trinajstić information content (AvgIpc) is 3.08. The van der Waals surface area contributed by atoms with Crippen LogP contribution in [0.1, 0.15) is 22.7 Å². The monoisotopic (exact) mass is 363 g/mol. The predicted molar refractivity (Wildman–Crippen MR) is 97.5 cm³/mol. The van der Waals surface area contributed by atoms with Crippen LogP contribution in [0.2, 0.25) is 0 Å². The highest BCUT2D eigenvalue weighted by Crippen LogP contribution is 2.39. The van der Waals surface area contributed by atoms with Gasteiger partial charge in [-0.05, 0) is 48.7 Å². The summed E-state index contributed by atoms with van der Waals surface area (Å²) in [5.74, 6) is 3.36. The third-order valence-electron chi connectivity index (χ3n) is 4.67. The molecule has 0 bridgehead atoms. The van der Waals surface area contributed by atoms with E-state index in [4.69, 9.17) is 18.9 Å². The number of ether oxygens (including phenoxy) is 4. The summed E-state index contributed by atoms with van der Waals surface area (Å²) >= 11 is 0. The van der Waals surface area contributed by atoms with Crippen LogP contribution in [-0.4, -0.2) is 27.6 Å². The Morgan fingerprint density at radius 2 is 1.92 bits per heavy atom. The first kappa shape index (κ1) is 17.7. The first-order chi connectivity index (χ1) is 11.8. The van der Waals surface area contributed by atoms with Crippen molar-refractivity contribution in [1.82, 2.24) is 5.32 Å². The Bertz CT molecular complexity index is 748. The number of benzene rings is 2. The van der Waals surface area contributed by atoms with Gasteiger partial charge < -0.3 is 24.3 Å². The summed E-state index contributed by atoms with van der Waals surface area (Å²) in [6.07, 6.45) is 1.84. The minimum atomic E-state index is 0. The maximum Gasteiger partial charge on any atom is 0.231 e. The van der Waals surface area contributed by atoms with Gasteiger partial charge in [0.1, 0.15) is 11.5 Å². The van der Waals surface area contributed by atoms with Crippen LogP contribution >= 0.6 is 12.4 Å². The van der Waals surface area contributed by atoms with E-state index in [0.29, 0.717) is 6.79 Å². The smallest absolute Gasteiger partial charge is 0.231 e. The molecule has 0 aliphatic carbocycles. The van der Waals surface area contributed by atoms with E-state index in [-0.39, 0.29) is 18.4 Å². The van der Waals surface area contributed by atoms with Crippen molar-refractivity contribution in [3.63, 3.8) is 0 Å². The zero-order valence-corrected chi connectivity index (χ0v) is 15.2. The Morgan fingerprint density at radius 1 is 1.08 bits per heavy atom. The van der Waals surface area contributed by atoms with Crippen LogP contribution < -0.4 is 24.3 Å². The van der Waals surface area contributed by atoms with Crippen LogP contribution in [0.5, 0.6) is 23.0 Å². The van der Waals surface area contributed by atoms with E-state index in [1.165, 1.54) is 16.7 Å². The van der Waals surface area contributed by atoms with Crippen LogP contribution in [0, 0.1) is 0 Å². The van der Waals surface area contributed by atoms with Gasteiger partial charge in [-0.1, -0.05) is 6.07 Å². The van der Waals surface area contributed by atoms with Gasteiger partial charge >= 0.3 is 0 Å².